The van der Waals surface area contributed by atoms with Gasteiger partial charge in [0.2, 0.25) is 0 Å². The van der Waals surface area contributed by atoms with E-state index < -0.39 is 5.56 Å². The van der Waals surface area contributed by atoms with Crippen molar-refractivity contribution < 1.29 is 5.11 Å². The lowest BCUT2D eigenvalue weighted by Gasteiger charge is -2.06. The quantitative estimate of drug-likeness (QED) is 0.829. The summed E-state index contributed by atoms with van der Waals surface area (Å²) >= 11 is 11.6. The highest BCUT2D eigenvalue weighted by atomic mass is 35.5. The van der Waals surface area contributed by atoms with Gasteiger partial charge in [0.1, 0.15) is 0 Å². The van der Waals surface area contributed by atoms with Gasteiger partial charge in [0.15, 0.2) is 11.6 Å². The molecule has 0 aliphatic rings. The van der Waals surface area contributed by atoms with Gasteiger partial charge < -0.3 is 10.8 Å². The van der Waals surface area contributed by atoms with Crippen molar-refractivity contribution in [1.29, 1.82) is 0 Å². The van der Waals surface area contributed by atoms with Gasteiger partial charge >= 0.3 is 0 Å². The van der Waals surface area contributed by atoms with E-state index in [4.69, 9.17) is 28.9 Å². The molecule has 0 unspecified atom stereocenters. The molecule has 0 atom stereocenters. The highest BCUT2D eigenvalue weighted by Crippen LogP contribution is 2.24. The molecule has 1 heterocycles. The first-order chi connectivity index (χ1) is 7.99. The second-order valence-corrected chi connectivity index (χ2v) is 4.08. The number of hydrogen-bond acceptors (Lipinski definition) is 4. The zero-order chi connectivity index (χ0) is 12.6. The first-order valence-electron chi connectivity index (χ1n) is 4.53. The summed E-state index contributed by atoms with van der Waals surface area (Å²) in [6.45, 7) is 0. The molecule has 88 valence electrons. The molecule has 1 aromatic carbocycles. The number of nitrogens with zero attached hydrogens (tertiary/aromatic N) is 2. The minimum Gasteiger partial charge on any atom is -0.504 e. The first-order valence-corrected chi connectivity index (χ1v) is 5.29. The summed E-state index contributed by atoms with van der Waals surface area (Å²) in [6, 6.07) is 5.56. The van der Waals surface area contributed by atoms with E-state index in [1.165, 1.54) is 12.1 Å². The van der Waals surface area contributed by atoms with Crippen LogP contribution in [0.3, 0.4) is 0 Å². The van der Waals surface area contributed by atoms with Gasteiger partial charge in [-0.2, -0.15) is 4.68 Å². The Morgan fingerprint density at radius 2 is 1.94 bits per heavy atom. The molecule has 2 aromatic rings. The lowest BCUT2D eigenvalue weighted by atomic mass is 10.3. The summed E-state index contributed by atoms with van der Waals surface area (Å²) in [4.78, 5) is 11.6. The van der Waals surface area contributed by atoms with Gasteiger partial charge in [0.25, 0.3) is 5.56 Å². The normalized spacial score (nSPS) is 10.5. The molecule has 5 nitrogen and oxygen atoms in total. The molecular formula is C10H7Cl2N3O2. The van der Waals surface area contributed by atoms with Crippen LogP contribution in [0.25, 0.3) is 5.69 Å². The third kappa shape index (κ3) is 2.20. The molecule has 0 bridgehead atoms. The van der Waals surface area contributed by atoms with Crippen LogP contribution >= 0.6 is 23.2 Å². The smallest absolute Gasteiger partial charge is 0.275 e. The fraction of sp³-hybridized carbons (Fsp3) is 0. The second-order valence-electron chi connectivity index (χ2n) is 3.26. The largest absolute Gasteiger partial charge is 0.504 e. The van der Waals surface area contributed by atoms with Crippen LogP contribution < -0.4 is 11.3 Å². The SMILES string of the molecule is Nc1nn(-c2ccc(Cl)c(Cl)c2)c(=O)cc1O. The molecule has 0 saturated heterocycles. The number of aromatic hydroxyl groups is 1. The fourth-order valence-corrected chi connectivity index (χ4v) is 1.55. The van der Waals surface area contributed by atoms with E-state index in [-0.39, 0.29) is 11.6 Å². The minimum absolute atomic E-state index is 0.143. The van der Waals surface area contributed by atoms with Crippen molar-refractivity contribution >= 4 is 29.0 Å². The van der Waals surface area contributed by atoms with Crippen molar-refractivity contribution in [3.8, 4) is 11.4 Å². The van der Waals surface area contributed by atoms with E-state index in [0.29, 0.717) is 15.7 Å². The van der Waals surface area contributed by atoms with Crippen LogP contribution in [-0.4, -0.2) is 14.9 Å². The van der Waals surface area contributed by atoms with Gasteiger partial charge in [0.05, 0.1) is 21.8 Å². The highest BCUT2D eigenvalue weighted by molar-refractivity contribution is 6.42. The monoisotopic (exact) mass is 271 g/mol. The maximum absolute atomic E-state index is 11.6. The number of hydrogen-bond donors (Lipinski definition) is 2. The third-order valence-corrected chi connectivity index (χ3v) is 2.83. The number of benzene rings is 1. The molecule has 3 N–H and O–H groups in total. The minimum atomic E-state index is -0.518. The Hall–Kier alpha value is -1.72. The van der Waals surface area contributed by atoms with Crippen LogP contribution in [0.4, 0.5) is 5.82 Å². The molecule has 0 amide bonds. The predicted octanol–water partition coefficient (Wildman–Crippen LogP) is 1.83. The van der Waals surface area contributed by atoms with E-state index in [2.05, 4.69) is 5.10 Å². The van der Waals surface area contributed by atoms with E-state index in [9.17, 15) is 9.90 Å². The van der Waals surface area contributed by atoms with Crippen molar-refractivity contribution in [3.05, 3.63) is 44.7 Å². The maximum atomic E-state index is 11.6. The van der Waals surface area contributed by atoms with Gasteiger partial charge in [-0.1, -0.05) is 23.2 Å². The van der Waals surface area contributed by atoms with Crippen molar-refractivity contribution in [2.24, 2.45) is 0 Å². The summed E-state index contributed by atoms with van der Waals surface area (Å²) in [5.74, 6) is -0.498. The summed E-state index contributed by atoms with van der Waals surface area (Å²) in [7, 11) is 0. The number of aromatic nitrogens is 2. The number of anilines is 1. The van der Waals surface area contributed by atoms with E-state index in [1.54, 1.807) is 6.07 Å². The van der Waals surface area contributed by atoms with Crippen molar-refractivity contribution in [3.63, 3.8) is 0 Å². The molecule has 17 heavy (non-hydrogen) atoms. The molecule has 0 fully saturated rings. The number of nitrogen functional groups attached to an aromatic ring is 1. The van der Waals surface area contributed by atoms with Crippen LogP contribution in [0, 0.1) is 0 Å². The van der Waals surface area contributed by atoms with Gasteiger partial charge in [-0.15, -0.1) is 5.10 Å². The summed E-state index contributed by atoms with van der Waals surface area (Å²) in [5, 5.41) is 13.6. The standard InChI is InChI=1S/C10H7Cl2N3O2/c11-6-2-1-5(3-7(6)12)15-9(17)4-8(16)10(13)14-15/h1-4,16H,(H2,13,14). The summed E-state index contributed by atoms with van der Waals surface area (Å²) in [5.41, 5.74) is 5.31. The second kappa shape index (κ2) is 4.27. The first kappa shape index (κ1) is 11.8. The maximum Gasteiger partial charge on any atom is 0.275 e. The number of halogens is 2. The Morgan fingerprint density at radius 3 is 2.59 bits per heavy atom. The summed E-state index contributed by atoms with van der Waals surface area (Å²) < 4.78 is 1.03. The van der Waals surface area contributed by atoms with Crippen molar-refractivity contribution in [2.75, 3.05) is 5.73 Å². The van der Waals surface area contributed by atoms with Crippen molar-refractivity contribution in [1.82, 2.24) is 9.78 Å². The molecular weight excluding hydrogens is 265 g/mol. The Kier molecular flexibility index (Phi) is 2.95. The molecule has 0 saturated carbocycles. The number of nitrogens with two attached hydrogens (primary N) is 1. The van der Waals surface area contributed by atoms with Crippen LogP contribution in [0.1, 0.15) is 0 Å². The molecule has 0 aliphatic carbocycles. The zero-order valence-corrected chi connectivity index (χ0v) is 9.90. The van der Waals surface area contributed by atoms with Crippen LogP contribution in [0.15, 0.2) is 29.1 Å². The molecule has 0 spiro atoms. The average Bonchev–Trinajstić information content (AvgIpc) is 2.27. The van der Waals surface area contributed by atoms with Gasteiger partial charge in [-0.05, 0) is 18.2 Å². The fourth-order valence-electron chi connectivity index (χ4n) is 1.26. The molecule has 0 aliphatic heterocycles. The van der Waals surface area contributed by atoms with Crippen molar-refractivity contribution in [2.45, 2.75) is 0 Å². The van der Waals surface area contributed by atoms with Crippen LogP contribution in [0.5, 0.6) is 5.75 Å². The average molecular weight is 272 g/mol. The Morgan fingerprint density at radius 1 is 1.24 bits per heavy atom. The Balaban J connectivity index is 2.64. The van der Waals surface area contributed by atoms with E-state index in [1.807, 2.05) is 0 Å². The predicted molar refractivity (Wildman–Crippen MR) is 65.9 cm³/mol. The number of rotatable bonds is 1. The highest BCUT2D eigenvalue weighted by Gasteiger charge is 2.08. The molecule has 7 heteroatoms. The van der Waals surface area contributed by atoms with Gasteiger partial charge in [-0.3, -0.25) is 4.79 Å². The molecule has 0 radical (unpaired) electrons. The van der Waals surface area contributed by atoms with Gasteiger partial charge in [0, 0.05) is 0 Å². The van der Waals surface area contributed by atoms with Crippen LogP contribution in [0.2, 0.25) is 10.0 Å². The lowest BCUT2D eigenvalue weighted by molar-refractivity contribution is 0.471. The Bertz CT molecular complexity index is 640. The van der Waals surface area contributed by atoms with Crippen LogP contribution in [-0.2, 0) is 0 Å². The molecule has 1 aromatic heterocycles. The third-order valence-electron chi connectivity index (χ3n) is 2.09. The topological polar surface area (TPSA) is 81.1 Å². The zero-order valence-electron chi connectivity index (χ0n) is 8.39. The Labute approximate surface area is 106 Å². The lowest BCUT2D eigenvalue weighted by Crippen LogP contribution is -2.21. The van der Waals surface area contributed by atoms with E-state index in [0.717, 1.165) is 10.7 Å². The van der Waals surface area contributed by atoms with E-state index >= 15 is 0 Å². The van der Waals surface area contributed by atoms with Gasteiger partial charge in [-0.25, -0.2) is 0 Å². The molecule has 2 rings (SSSR count). The summed E-state index contributed by atoms with van der Waals surface area (Å²) in [6.07, 6.45) is 0.